The lowest BCUT2D eigenvalue weighted by Gasteiger charge is -2.17. The summed E-state index contributed by atoms with van der Waals surface area (Å²) in [4.78, 5) is 7.45. The quantitative estimate of drug-likeness (QED) is 0.730. The molecule has 0 unspecified atom stereocenters. The maximum Gasteiger partial charge on any atom is 0.0703 e. The number of hydrogen-bond acceptors (Lipinski definition) is 2. The average Bonchev–Trinajstić information content (AvgIpc) is 2.84. The number of likely N-dealkylation sites (N-methyl/N-ethyl adjacent to an activating group) is 1. The lowest BCUT2D eigenvalue weighted by atomic mass is 9.93. The van der Waals surface area contributed by atoms with Crippen molar-refractivity contribution >= 4 is 17.1 Å². The third-order valence-electron chi connectivity index (χ3n) is 4.60. The second-order valence-corrected chi connectivity index (χ2v) is 7.03. The van der Waals surface area contributed by atoms with Crippen LogP contribution >= 0.6 is 0 Å². The van der Waals surface area contributed by atoms with Crippen molar-refractivity contribution in [2.45, 2.75) is 39.5 Å². The van der Waals surface area contributed by atoms with Gasteiger partial charge in [0.25, 0.3) is 0 Å². The van der Waals surface area contributed by atoms with Gasteiger partial charge in [0.15, 0.2) is 0 Å². The van der Waals surface area contributed by atoms with Gasteiger partial charge in [-0.05, 0) is 29.0 Å². The molecule has 0 aromatic heterocycles. The second-order valence-electron chi connectivity index (χ2n) is 7.03. The lowest BCUT2D eigenvalue weighted by Crippen LogP contribution is -2.16. The SMILES string of the molecule is CC(C)c1cccc(C(C)C)c1N=C1CN(C)c2ccccc21. The number of rotatable bonds is 3. The molecule has 2 nitrogen and oxygen atoms in total. The number of aliphatic imine (C=N–C) groups is 1. The number of hydrogen-bond donors (Lipinski definition) is 0. The van der Waals surface area contributed by atoms with Gasteiger partial charge in [-0.2, -0.15) is 0 Å². The molecule has 2 aromatic rings. The van der Waals surface area contributed by atoms with Crippen LogP contribution in [-0.4, -0.2) is 19.3 Å². The third kappa shape index (κ3) is 2.90. The monoisotopic (exact) mass is 306 g/mol. The average molecular weight is 306 g/mol. The fraction of sp³-hybridized carbons (Fsp3) is 0.381. The molecule has 2 heteroatoms. The molecule has 0 bridgehead atoms. The van der Waals surface area contributed by atoms with Gasteiger partial charge < -0.3 is 4.90 Å². The highest BCUT2D eigenvalue weighted by Gasteiger charge is 2.23. The molecule has 0 saturated carbocycles. The predicted octanol–water partition coefficient (Wildman–Crippen LogP) is 5.50. The van der Waals surface area contributed by atoms with E-state index in [2.05, 4.69) is 82.1 Å². The number of benzene rings is 2. The van der Waals surface area contributed by atoms with Crippen molar-refractivity contribution in [2.75, 3.05) is 18.5 Å². The number of anilines is 1. The first-order chi connectivity index (χ1) is 11.0. The standard InChI is InChI=1S/C21H26N2/c1-14(2)16-10-8-11-17(15(3)4)21(16)22-19-13-23(5)20-12-7-6-9-18(19)20/h6-12,14-15H,13H2,1-5H3. The zero-order valence-corrected chi connectivity index (χ0v) is 14.8. The molecular formula is C21H26N2. The minimum Gasteiger partial charge on any atom is -0.368 e. The van der Waals surface area contributed by atoms with Crippen molar-refractivity contribution in [3.8, 4) is 0 Å². The van der Waals surface area contributed by atoms with Crippen molar-refractivity contribution in [1.29, 1.82) is 0 Å². The van der Waals surface area contributed by atoms with Gasteiger partial charge in [-0.3, -0.25) is 4.99 Å². The molecule has 0 saturated heterocycles. The Morgan fingerprint density at radius 1 is 0.870 bits per heavy atom. The van der Waals surface area contributed by atoms with Crippen molar-refractivity contribution in [2.24, 2.45) is 4.99 Å². The van der Waals surface area contributed by atoms with Crippen LogP contribution in [0.5, 0.6) is 0 Å². The molecule has 1 heterocycles. The Labute approximate surface area is 139 Å². The largest absolute Gasteiger partial charge is 0.368 e. The smallest absolute Gasteiger partial charge is 0.0703 e. The molecular weight excluding hydrogens is 280 g/mol. The first-order valence-electron chi connectivity index (χ1n) is 8.50. The molecule has 0 amide bonds. The summed E-state index contributed by atoms with van der Waals surface area (Å²) in [7, 11) is 2.14. The van der Waals surface area contributed by atoms with E-state index in [0.29, 0.717) is 11.8 Å². The Bertz CT molecular complexity index is 715. The number of nitrogens with zero attached hydrogens (tertiary/aromatic N) is 2. The number of fused-ring (bicyclic) bond motifs is 1. The fourth-order valence-corrected chi connectivity index (χ4v) is 3.32. The van der Waals surface area contributed by atoms with Crippen LogP contribution in [0.4, 0.5) is 11.4 Å². The number of para-hydroxylation sites is 2. The summed E-state index contributed by atoms with van der Waals surface area (Å²) in [6.07, 6.45) is 0. The van der Waals surface area contributed by atoms with Gasteiger partial charge in [-0.15, -0.1) is 0 Å². The van der Waals surface area contributed by atoms with Crippen LogP contribution in [0, 0.1) is 0 Å². The van der Waals surface area contributed by atoms with Crippen LogP contribution < -0.4 is 4.90 Å². The Kier molecular flexibility index (Phi) is 4.25. The Morgan fingerprint density at radius 3 is 2.09 bits per heavy atom. The molecule has 120 valence electrons. The normalized spacial score (nSPS) is 15.8. The molecule has 0 fully saturated rings. The topological polar surface area (TPSA) is 15.6 Å². The van der Waals surface area contributed by atoms with Crippen LogP contribution in [0.1, 0.15) is 56.2 Å². The van der Waals surface area contributed by atoms with Crippen LogP contribution in [-0.2, 0) is 0 Å². The van der Waals surface area contributed by atoms with Gasteiger partial charge in [-0.25, -0.2) is 0 Å². The van der Waals surface area contributed by atoms with E-state index in [-0.39, 0.29) is 0 Å². The Balaban J connectivity index is 2.17. The van der Waals surface area contributed by atoms with E-state index >= 15 is 0 Å². The summed E-state index contributed by atoms with van der Waals surface area (Å²) in [6, 6.07) is 15.2. The molecule has 0 radical (unpaired) electrons. The summed E-state index contributed by atoms with van der Waals surface area (Å²) in [5.41, 5.74) is 7.59. The van der Waals surface area contributed by atoms with Gasteiger partial charge in [-0.1, -0.05) is 64.1 Å². The van der Waals surface area contributed by atoms with E-state index < -0.39 is 0 Å². The maximum atomic E-state index is 5.17. The molecule has 0 spiro atoms. The second kappa shape index (κ2) is 6.19. The van der Waals surface area contributed by atoms with Crippen molar-refractivity contribution in [3.63, 3.8) is 0 Å². The zero-order chi connectivity index (χ0) is 16.6. The molecule has 2 aromatic carbocycles. The molecule has 0 aliphatic carbocycles. The predicted molar refractivity (Wildman–Crippen MR) is 101 cm³/mol. The lowest BCUT2D eigenvalue weighted by molar-refractivity contribution is 0.834. The zero-order valence-electron chi connectivity index (χ0n) is 14.8. The minimum atomic E-state index is 0.474. The highest BCUT2D eigenvalue weighted by Crippen LogP contribution is 2.37. The Morgan fingerprint density at radius 2 is 1.48 bits per heavy atom. The van der Waals surface area contributed by atoms with Gasteiger partial charge in [0, 0.05) is 18.3 Å². The van der Waals surface area contributed by atoms with E-state index in [1.54, 1.807) is 0 Å². The fourth-order valence-electron chi connectivity index (χ4n) is 3.32. The van der Waals surface area contributed by atoms with Crippen molar-refractivity contribution < 1.29 is 0 Å². The molecule has 23 heavy (non-hydrogen) atoms. The molecule has 1 aliphatic heterocycles. The van der Waals surface area contributed by atoms with E-state index in [9.17, 15) is 0 Å². The molecule has 1 aliphatic rings. The summed E-state index contributed by atoms with van der Waals surface area (Å²) in [5.74, 6) is 0.949. The first-order valence-corrected chi connectivity index (χ1v) is 8.50. The van der Waals surface area contributed by atoms with E-state index in [1.165, 1.54) is 33.8 Å². The van der Waals surface area contributed by atoms with Crippen LogP contribution in [0.15, 0.2) is 47.5 Å². The third-order valence-corrected chi connectivity index (χ3v) is 4.60. The Hall–Kier alpha value is -2.09. The van der Waals surface area contributed by atoms with Gasteiger partial charge >= 0.3 is 0 Å². The van der Waals surface area contributed by atoms with E-state index in [0.717, 1.165) is 6.54 Å². The highest BCUT2D eigenvalue weighted by atomic mass is 15.1. The van der Waals surface area contributed by atoms with Gasteiger partial charge in [0.05, 0.1) is 17.9 Å². The summed E-state index contributed by atoms with van der Waals surface area (Å²) in [6.45, 7) is 9.87. The van der Waals surface area contributed by atoms with Crippen LogP contribution in [0.2, 0.25) is 0 Å². The van der Waals surface area contributed by atoms with Gasteiger partial charge in [0.2, 0.25) is 0 Å². The summed E-state index contributed by atoms with van der Waals surface area (Å²) < 4.78 is 0. The highest BCUT2D eigenvalue weighted by molar-refractivity contribution is 6.13. The van der Waals surface area contributed by atoms with Crippen LogP contribution in [0.3, 0.4) is 0 Å². The van der Waals surface area contributed by atoms with E-state index in [1.807, 2.05) is 0 Å². The summed E-state index contributed by atoms with van der Waals surface area (Å²) >= 11 is 0. The molecule has 3 rings (SSSR count). The van der Waals surface area contributed by atoms with Crippen LogP contribution in [0.25, 0.3) is 0 Å². The first kappa shape index (κ1) is 15.8. The minimum absolute atomic E-state index is 0.474. The molecule has 0 atom stereocenters. The van der Waals surface area contributed by atoms with Gasteiger partial charge in [0.1, 0.15) is 0 Å². The molecule has 0 N–H and O–H groups in total. The maximum absolute atomic E-state index is 5.17. The van der Waals surface area contributed by atoms with Crippen molar-refractivity contribution in [1.82, 2.24) is 0 Å². The van der Waals surface area contributed by atoms with E-state index in [4.69, 9.17) is 4.99 Å². The van der Waals surface area contributed by atoms with Crippen molar-refractivity contribution in [3.05, 3.63) is 59.2 Å². The summed E-state index contributed by atoms with van der Waals surface area (Å²) in [5, 5.41) is 0.